The Kier molecular flexibility index (Phi) is 10.4. The van der Waals surface area contributed by atoms with Gasteiger partial charge in [0.25, 0.3) is 0 Å². The summed E-state index contributed by atoms with van der Waals surface area (Å²) in [5.41, 5.74) is 0. The van der Waals surface area contributed by atoms with Crippen LogP contribution in [0, 0.1) is 5.92 Å². The molecule has 5 heteroatoms. The molecule has 0 atom stereocenters. The van der Waals surface area contributed by atoms with Crippen LogP contribution in [0.3, 0.4) is 0 Å². The van der Waals surface area contributed by atoms with Gasteiger partial charge in [-0.05, 0) is 7.05 Å². The van der Waals surface area contributed by atoms with Crippen LogP contribution in [0.15, 0.2) is 0 Å². The monoisotopic (exact) mass is 232 g/mol. The Labute approximate surface area is 97.9 Å². The minimum Gasteiger partial charge on any atom is -0.378 e. The van der Waals surface area contributed by atoms with Gasteiger partial charge in [-0.25, -0.2) is 0 Å². The van der Waals surface area contributed by atoms with Crippen molar-refractivity contribution in [3.8, 4) is 0 Å². The lowest BCUT2D eigenvalue weighted by Crippen LogP contribution is -2.31. The van der Waals surface area contributed by atoms with Gasteiger partial charge < -0.3 is 20.1 Å². The summed E-state index contributed by atoms with van der Waals surface area (Å²) in [6, 6.07) is 0. The zero-order valence-corrected chi connectivity index (χ0v) is 10.5. The van der Waals surface area contributed by atoms with E-state index >= 15 is 0 Å². The first-order valence-electron chi connectivity index (χ1n) is 5.76. The van der Waals surface area contributed by atoms with E-state index in [0.29, 0.717) is 33.0 Å². The first-order valence-corrected chi connectivity index (χ1v) is 5.76. The molecule has 0 aromatic rings. The summed E-state index contributed by atoms with van der Waals surface area (Å²) in [7, 11) is 1.89. The van der Waals surface area contributed by atoms with Gasteiger partial charge in [-0.3, -0.25) is 4.79 Å². The van der Waals surface area contributed by atoms with E-state index in [1.807, 2.05) is 20.9 Å². The summed E-state index contributed by atoms with van der Waals surface area (Å²) in [5, 5.41) is 5.77. The fourth-order valence-electron chi connectivity index (χ4n) is 0.947. The SMILES string of the molecule is CNCCOCCOCCNC(=O)C(C)C. The van der Waals surface area contributed by atoms with E-state index in [1.54, 1.807) is 0 Å². The summed E-state index contributed by atoms with van der Waals surface area (Å²) in [6.45, 7) is 7.55. The summed E-state index contributed by atoms with van der Waals surface area (Å²) < 4.78 is 10.5. The number of rotatable bonds is 10. The maximum absolute atomic E-state index is 11.2. The van der Waals surface area contributed by atoms with Crippen LogP contribution in [0.25, 0.3) is 0 Å². The van der Waals surface area contributed by atoms with Gasteiger partial charge in [-0.15, -0.1) is 0 Å². The molecular formula is C11H24N2O3. The Hall–Kier alpha value is -0.650. The van der Waals surface area contributed by atoms with Crippen molar-refractivity contribution in [1.82, 2.24) is 10.6 Å². The largest absolute Gasteiger partial charge is 0.378 e. The molecular weight excluding hydrogens is 208 g/mol. The van der Waals surface area contributed by atoms with Gasteiger partial charge in [0.1, 0.15) is 0 Å². The minimum atomic E-state index is 0.0323. The summed E-state index contributed by atoms with van der Waals surface area (Å²) in [4.78, 5) is 11.2. The van der Waals surface area contributed by atoms with E-state index in [2.05, 4.69) is 10.6 Å². The van der Waals surface area contributed by atoms with Gasteiger partial charge >= 0.3 is 0 Å². The van der Waals surface area contributed by atoms with Crippen molar-refractivity contribution in [1.29, 1.82) is 0 Å². The quantitative estimate of drug-likeness (QED) is 0.521. The predicted octanol–water partition coefficient (Wildman–Crippen LogP) is 0.0112. The van der Waals surface area contributed by atoms with Crippen LogP contribution in [-0.4, -0.2) is 52.5 Å². The highest BCUT2D eigenvalue weighted by Crippen LogP contribution is 1.89. The van der Waals surface area contributed by atoms with Crippen molar-refractivity contribution in [3.63, 3.8) is 0 Å². The van der Waals surface area contributed by atoms with Crippen LogP contribution in [-0.2, 0) is 14.3 Å². The predicted molar refractivity (Wildman–Crippen MR) is 63.4 cm³/mol. The number of hydrogen-bond acceptors (Lipinski definition) is 4. The third kappa shape index (κ3) is 9.89. The molecule has 0 saturated heterocycles. The first-order chi connectivity index (χ1) is 7.68. The molecule has 0 aliphatic heterocycles. The zero-order valence-electron chi connectivity index (χ0n) is 10.5. The van der Waals surface area contributed by atoms with Crippen LogP contribution < -0.4 is 10.6 Å². The van der Waals surface area contributed by atoms with Gasteiger partial charge in [-0.2, -0.15) is 0 Å². The molecule has 0 heterocycles. The van der Waals surface area contributed by atoms with E-state index in [9.17, 15) is 4.79 Å². The second-order valence-electron chi connectivity index (χ2n) is 3.77. The highest BCUT2D eigenvalue weighted by Gasteiger charge is 2.04. The molecule has 0 fully saturated rings. The molecule has 96 valence electrons. The fourth-order valence-corrected chi connectivity index (χ4v) is 0.947. The van der Waals surface area contributed by atoms with Crippen molar-refractivity contribution in [2.45, 2.75) is 13.8 Å². The Bertz CT molecular complexity index is 175. The molecule has 0 aromatic carbocycles. The van der Waals surface area contributed by atoms with Crippen molar-refractivity contribution in [2.75, 3.05) is 46.6 Å². The highest BCUT2D eigenvalue weighted by atomic mass is 16.5. The van der Waals surface area contributed by atoms with Gasteiger partial charge in [0, 0.05) is 19.0 Å². The lowest BCUT2D eigenvalue weighted by Gasteiger charge is -2.08. The van der Waals surface area contributed by atoms with E-state index in [4.69, 9.17) is 9.47 Å². The normalized spacial score (nSPS) is 10.8. The zero-order chi connectivity index (χ0) is 12.2. The maximum atomic E-state index is 11.2. The standard InChI is InChI=1S/C11H24N2O3/c1-10(2)11(14)13-5-7-16-9-8-15-6-4-12-3/h10,12H,4-9H2,1-3H3,(H,13,14). The van der Waals surface area contributed by atoms with E-state index in [0.717, 1.165) is 6.54 Å². The van der Waals surface area contributed by atoms with Crippen molar-refractivity contribution in [2.24, 2.45) is 5.92 Å². The summed E-state index contributed by atoms with van der Waals surface area (Å²) in [6.07, 6.45) is 0. The molecule has 5 nitrogen and oxygen atoms in total. The minimum absolute atomic E-state index is 0.0323. The topological polar surface area (TPSA) is 59.6 Å². The van der Waals surface area contributed by atoms with Crippen LogP contribution in [0.4, 0.5) is 0 Å². The Balaban J connectivity index is 3.07. The summed E-state index contributed by atoms with van der Waals surface area (Å²) >= 11 is 0. The molecule has 0 radical (unpaired) electrons. The Morgan fingerprint density at radius 1 is 1.06 bits per heavy atom. The Morgan fingerprint density at radius 2 is 1.62 bits per heavy atom. The van der Waals surface area contributed by atoms with E-state index in [1.165, 1.54) is 0 Å². The molecule has 0 saturated carbocycles. The second-order valence-corrected chi connectivity index (χ2v) is 3.77. The molecule has 0 bridgehead atoms. The molecule has 0 aromatic heterocycles. The molecule has 16 heavy (non-hydrogen) atoms. The van der Waals surface area contributed by atoms with Crippen molar-refractivity contribution < 1.29 is 14.3 Å². The molecule has 0 rings (SSSR count). The summed E-state index contributed by atoms with van der Waals surface area (Å²) in [5.74, 6) is 0.0961. The van der Waals surface area contributed by atoms with Crippen molar-refractivity contribution >= 4 is 5.91 Å². The van der Waals surface area contributed by atoms with Gasteiger partial charge in [-0.1, -0.05) is 13.8 Å². The molecule has 0 aliphatic carbocycles. The third-order valence-corrected chi connectivity index (χ3v) is 1.94. The molecule has 1 amide bonds. The Morgan fingerprint density at radius 3 is 2.12 bits per heavy atom. The van der Waals surface area contributed by atoms with Gasteiger partial charge in [0.2, 0.25) is 5.91 Å². The second kappa shape index (κ2) is 10.9. The van der Waals surface area contributed by atoms with Crippen molar-refractivity contribution in [3.05, 3.63) is 0 Å². The number of ether oxygens (including phenoxy) is 2. The van der Waals surface area contributed by atoms with Gasteiger partial charge in [0.05, 0.1) is 26.4 Å². The number of likely N-dealkylation sites (N-methyl/N-ethyl adjacent to an activating group) is 1. The van der Waals surface area contributed by atoms with E-state index < -0.39 is 0 Å². The maximum Gasteiger partial charge on any atom is 0.222 e. The molecule has 0 unspecified atom stereocenters. The number of carbonyl (C=O) groups is 1. The molecule has 0 aliphatic rings. The number of carbonyl (C=O) groups excluding carboxylic acids is 1. The van der Waals surface area contributed by atoms with Crippen LogP contribution in [0.2, 0.25) is 0 Å². The van der Waals surface area contributed by atoms with E-state index in [-0.39, 0.29) is 11.8 Å². The van der Waals surface area contributed by atoms with Crippen LogP contribution in [0.1, 0.15) is 13.8 Å². The van der Waals surface area contributed by atoms with Crippen LogP contribution in [0.5, 0.6) is 0 Å². The third-order valence-electron chi connectivity index (χ3n) is 1.94. The lowest BCUT2D eigenvalue weighted by molar-refractivity contribution is -0.124. The first kappa shape index (κ1) is 15.3. The lowest BCUT2D eigenvalue weighted by atomic mass is 10.2. The molecule has 2 N–H and O–H groups in total. The van der Waals surface area contributed by atoms with Crippen LogP contribution >= 0.6 is 0 Å². The smallest absolute Gasteiger partial charge is 0.222 e. The average Bonchev–Trinajstić information content (AvgIpc) is 2.26. The fraction of sp³-hybridized carbons (Fsp3) is 0.909. The number of hydrogen-bond donors (Lipinski definition) is 2. The number of amides is 1. The average molecular weight is 232 g/mol. The number of nitrogens with one attached hydrogen (secondary N) is 2. The molecule has 0 spiro atoms. The van der Waals surface area contributed by atoms with Gasteiger partial charge in [0.15, 0.2) is 0 Å². The highest BCUT2D eigenvalue weighted by molar-refractivity contribution is 5.77.